The lowest BCUT2D eigenvalue weighted by atomic mass is 10.2. The second kappa shape index (κ2) is 15.7. The fourth-order valence-corrected chi connectivity index (χ4v) is 5.16. The number of unbranched alkanes of at least 4 members (excludes halogenated alkanes) is 4. The molecule has 31 heavy (non-hydrogen) atoms. The van der Waals surface area contributed by atoms with E-state index in [-0.39, 0.29) is 0 Å². The van der Waals surface area contributed by atoms with Gasteiger partial charge in [0.1, 0.15) is 0 Å². The van der Waals surface area contributed by atoms with Crippen molar-refractivity contribution < 1.29 is 17.5 Å². The maximum Gasteiger partial charge on any atom is 0.394 e. The van der Waals surface area contributed by atoms with Gasteiger partial charge in [-0.1, -0.05) is 137 Å². The van der Waals surface area contributed by atoms with E-state index >= 15 is 0 Å². The highest BCUT2D eigenvalue weighted by molar-refractivity contribution is 7.80. The minimum Gasteiger partial charge on any atom is -0.264 e. The van der Waals surface area contributed by atoms with Crippen molar-refractivity contribution in [3.63, 3.8) is 0 Å². The molecule has 0 aliphatic rings. The van der Waals surface area contributed by atoms with Crippen molar-refractivity contribution in [1.29, 1.82) is 0 Å². The zero-order chi connectivity index (χ0) is 23.0. The highest BCUT2D eigenvalue weighted by Crippen LogP contribution is 2.32. The minimum atomic E-state index is -4.67. The molecule has 0 aliphatic heterocycles. The second-order valence-corrected chi connectivity index (χ2v) is 9.97. The first kappa shape index (κ1) is 27.0. The molecule has 0 aromatic heterocycles. The van der Waals surface area contributed by atoms with E-state index in [0.29, 0.717) is 0 Å². The summed E-state index contributed by atoms with van der Waals surface area (Å²) in [5.74, 6) is 0. The van der Waals surface area contributed by atoms with Crippen LogP contribution >= 0.6 is 7.92 Å². The summed E-state index contributed by atoms with van der Waals surface area (Å²) >= 11 is 0. The van der Waals surface area contributed by atoms with Gasteiger partial charge in [0.15, 0.2) is 0 Å². The lowest BCUT2D eigenvalue weighted by Crippen LogP contribution is -2.20. The average Bonchev–Trinajstić information content (AvgIpc) is 2.76. The highest BCUT2D eigenvalue weighted by Gasteiger charge is 2.14. The molecule has 0 amide bonds. The van der Waals surface area contributed by atoms with E-state index in [9.17, 15) is 0 Å². The van der Waals surface area contributed by atoms with Gasteiger partial charge in [0.25, 0.3) is 0 Å². The summed E-state index contributed by atoms with van der Waals surface area (Å²) < 4.78 is 31.6. The Hall–Kier alpha value is -2.04. The number of benzene rings is 3. The molecule has 2 N–H and O–H groups in total. The van der Waals surface area contributed by atoms with Gasteiger partial charge in [0.05, 0.1) is 0 Å². The average molecular weight is 461 g/mol. The molecular formula is C25H33O4PS. The summed E-state index contributed by atoms with van der Waals surface area (Å²) in [4.78, 5) is 0. The third-order valence-electron chi connectivity index (χ3n) is 4.25. The molecule has 0 bridgehead atoms. The molecule has 6 heteroatoms. The molecule has 0 heterocycles. The lowest BCUT2D eigenvalue weighted by Gasteiger charge is -2.18. The predicted molar refractivity (Wildman–Crippen MR) is 134 cm³/mol. The van der Waals surface area contributed by atoms with Gasteiger partial charge >= 0.3 is 10.4 Å². The summed E-state index contributed by atoms with van der Waals surface area (Å²) in [5, 5.41) is 4.19. The zero-order valence-electron chi connectivity index (χ0n) is 18.3. The molecule has 0 radical (unpaired) electrons. The van der Waals surface area contributed by atoms with Gasteiger partial charge in [-0.15, -0.1) is 0 Å². The maximum absolute atomic E-state index is 8.74. The summed E-state index contributed by atoms with van der Waals surface area (Å²) in [6, 6.07) is 32.3. The molecule has 0 atom stereocenters. The van der Waals surface area contributed by atoms with Gasteiger partial charge in [-0.25, -0.2) is 0 Å². The first-order chi connectivity index (χ1) is 14.9. The molecule has 0 saturated heterocycles. The van der Waals surface area contributed by atoms with Crippen molar-refractivity contribution in [2.75, 3.05) is 0 Å². The topological polar surface area (TPSA) is 74.6 Å². The van der Waals surface area contributed by atoms with Crippen molar-refractivity contribution in [1.82, 2.24) is 0 Å². The van der Waals surface area contributed by atoms with Crippen LogP contribution in [-0.4, -0.2) is 17.5 Å². The molecule has 0 unspecified atom stereocenters. The summed E-state index contributed by atoms with van der Waals surface area (Å²) in [6.45, 7) is 4.49. The third-order valence-corrected chi connectivity index (χ3v) is 6.69. The molecule has 0 aliphatic carbocycles. The SMILES string of the molecule is CCCCCCC.O=S(=O)(O)O.c1ccc(P(c2ccccc2)c2ccccc2)cc1. The quantitative estimate of drug-likeness (QED) is 0.267. The first-order valence-electron chi connectivity index (χ1n) is 10.5. The summed E-state index contributed by atoms with van der Waals surface area (Å²) in [6.07, 6.45) is 7.01. The van der Waals surface area contributed by atoms with Crippen LogP contribution in [0.2, 0.25) is 0 Å². The number of hydrogen-bond acceptors (Lipinski definition) is 2. The summed E-state index contributed by atoms with van der Waals surface area (Å²) in [7, 11) is -5.11. The molecule has 3 aromatic rings. The van der Waals surface area contributed by atoms with E-state index in [1.54, 1.807) is 0 Å². The molecule has 4 nitrogen and oxygen atoms in total. The number of rotatable bonds is 7. The zero-order valence-corrected chi connectivity index (χ0v) is 20.0. The smallest absolute Gasteiger partial charge is 0.264 e. The van der Waals surface area contributed by atoms with Crippen LogP contribution in [0.3, 0.4) is 0 Å². The van der Waals surface area contributed by atoms with Gasteiger partial charge < -0.3 is 0 Å². The maximum atomic E-state index is 8.74. The molecule has 3 rings (SSSR count). The third kappa shape index (κ3) is 13.1. The predicted octanol–water partition coefficient (Wildman–Crippen LogP) is 5.77. The van der Waals surface area contributed by atoms with Gasteiger partial charge in [-0.3, -0.25) is 9.11 Å². The number of hydrogen-bond donors (Lipinski definition) is 2. The first-order valence-corrected chi connectivity index (χ1v) is 13.3. The van der Waals surface area contributed by atoms with Crippen LogP contribution in [0.5, 0.6) is 0 Å². The van der Waals surface area contributed by atoms with E-state index in [1.165, 1.54) is 48.0 Å². The van der Waals surface area contributed by atoms with Crippen LogP contribution < -0.4 is 15.9 Å². The minimum absolute atomic E-state index is 0.446. The van der Waals surface area contributed by atoms with E-state index in [4.69, 9.17) is 17.5 Å². The fraction of sp³-hybridized carbons (Fsp3) is 0.280. The van der Waals surface area contributed by atoms with Crippen LogP contribution in [0.25, 0.3) is 0 Å². The van der Waals surface area contributed by atoms with Crippen LogP contribution in [0.1, 0.15) is 46.0 Å². The van der Waals surface area contributed by atoms with Gasteiger partial charge in [-0.2, -0.15) is 8.42 Å². The largest absolute Gasteiger partial charge is 0.394 e. The molecule has 0 spiro atoms. The Morgan fingerprint density at radius 3 is 1.06 bits per heavy atom. The second-order valence-electron chi connectivity index (χ2n) is 6.85. The Morgan fingerprint density at radius 2 is 0.839 bits per heavy atom. The Morgan fingerprint density at radius 1 is 0.581 bits per heavy atom. The monoisotopic (exact) mass is 460 g/mol. The normalized spacial score (nSPS) is 10.5. The Bertz CT molecular complexity index is 812. The molecule has 3 aromatic carbocycles. The van der Waals surface area contributed by atoms with Crippen molar-refractivity contribution in [3.8, 4) is 0 Å². The fourth-order valence-electron chi connectivity index (χ4n) is 2.86. The Labute approximate surface area is 188 Å². The van der Waals surface area contributed by atoms with E-state index in [1.807, 2.05) is 0 Å². The van der Waals surface area contributed by atoms with Gasteiger partial charge in [0, 0.05) is 0 Å². The van der Waals surface area contributed by atoms with Crippen molar-refractivity contribution in [2.45, 2.75) is 46.0 Å². The molecule has 0 fully saturated rings. The van der Waals surface area contributed by atoms with E-state index in [0.717, 1.165) is 0 Å². The molecule has 168 valence electrons. The van der Waals surface area contributed by atoms with Crippen molar-refractivity contribution in [3.05, 3.63) is 91.0 Å². The highest BCUT2D eigenvalue weighted by atomic mass is 32.3. The summed E-state index contributed by atoms with van der Waals surface area (Å²) in [5.41, 5.74) is 0. The van der Waals surface area contributed by atoms with Crippen LogP contribution in [0, 0.1) is 0 Å². The molecular weight excluding hydrogens is 427 g/mol. The standard InChI is InChI=1S/C18H15P.C7H16.H2O4S/c1-4-10-16(11-5-1)19(17-12-6-2-7-13-17)18-14-8-3-9-15-18;1-3-5-7-6-4-2;1-5(2,3)4/h1-15H;3-7H2,1-2H3;(H2,1,2,3,4). The van der Waals surface area contributed by atoms with E-state index < -0.39 is 18.3 Å². The van der Waals surface area contributed by atoms with Crippen LogP contribution in [-0.2, 0) is 10.4 Å². The van der Waals surface area contributed by atoms with E-state index in [2.05, 4.69) is 105 Å². The Kier molecular flexibility index (Phi) is 13.7. The van der Waals surface area contributed by atoms with Gasteiger partial charge in [0.2, 0.25) is 0 Å². The lowest BCUT2D eigenvalue weighted by molar-refractivity contribution is 0.381. The van der Waals surface area contributed by atoms with Crippen molar-refractivity contribution >= 4 is 34.2 Å². The van der Waals surface area contributed by atoms with Crippen molar-refractivity contribution in [2.24, 2.45) is 0 Å². The molecule has 0 saturated carbocycles. The van der Waals surface area contributed by atoms with Crippen LogP contribution in [0.15, 0.2) is 91.0 Å². The van der Waals surface area contributed by atoms with Gasteiger partial charge in [-0.05, 0) is 23.8 Å². The Balaban J connectivity index is 0.000000334. The van der Waals surface area contributed by atoms with Crippen LogP contribution in [0.4, 0.5) is 0 Å².